The number of carbonyl (C=O) groups is 1. The van der Waals surface area contributed by atoms with Gasteiger partial charge in [-0.2, -0.15) is 0 Å². The van der Waals surface area contributed by atoms with Crippen LogP contribution in [0.1, 0.15) is 17.2 Å². The molecule has 1 rings (SSSR count). The molecular weight excluding hydrogens is 220 g/mol. The minimum absolute atomic E-state index is 0.242. The first-order chi connectivity index (χ1) is 6.97. The Morgan fingerprint density at radius 2 is 2.13 bits per heavy atom. The lowest BCUT2D eigenvalue weighted by molar-refractivity contribution is -0.147. The molecule has 0 aromatic heterocycles. The normalized spacial score (nSPS) is 12.3. The molecule has 1 unspecified atom stereocenters. The van der Waals surface area contributed by atoms with Gasteiger partial charge in [-0.25, -0.2) is 4.79 Å². The highest BCUT2D eigenvalue weighted by Crippen LogP contribution is 2.30. The number of methoxy groups -OCH3 is 1. The number of hydrogen-bond donors (Lipinski definition) is 2. The van der Waals surface area contributed by atoms with Gasteiger partial charge in [-0.15, -0.1) is 0 Å². The van der Waals surface area contributed by atoms with Crippen molar-refractivity contribution in [1.82, 2.24) is 0 Å². The van der Waals surface area contributed by atoms with E-state index in [2.05, 4.69) is 0 Å². The van der Waals surface area contributed by atoms with Crippen molar-refractivity contribution in [3.05, 3.63) is 28.3 Å². The van der Waals surface area contributed by atoms with Crippen LogP contribution in [-0.2, 0) is 4.79 Å². The van der Waals surface area contributed by atoms with Crippen molar-refractivity contribution in [1.29, 1.82) is 0 Å². The summed E-state index contributed by atoms with van der Waals surface area (Å²) < 4.78 is 5.01. The highest BCUT2D eigenvalue weighted by Gasteiger charge is 2.20. The first-order valence-corrected chi connectivity index (χ1v) is 4.60. The van der Waals surface area contributed by atoms with Gasteiger partial charge in [0.2, 0.25) is 0 Å². The summed E-state index contributed by atoms with van der Waals surface area (Å²) in [5.41, 5.74) is 0.809. The molecule has 82 valence electrons. The molecule has 0 aliphatic heterocycles. The minimum atomic E-state index is -1.59. The van der Waals surface area contributed by atoms with Crippen LogP contribution in [0.15, 0.2) is 12.1 Å². The molecule has 0 aliphatic carbocycles. The molecule has 0 radical (unpaired) electrons. The molecule has 0 spiro atoms. The third-order valence-electron chi connectivity index (χ3n) is 2.11. The lowest BCUT2D eigenvalue weighted by atomic mass is 10.0. The largest absolute Gasteiger partial charge is 0.496 e. The maximum atomic E-state index is 10.6. The number of halogens is 1. The average molecular weight is 231 g/mol. The fourth-order valence-electron chi connectivity index (χ4n) is 1.30. The second kappa shape index (κ2) is 4.51. The molecule has 4 nitrogen and oxygen atoms in total. The molecule has 1 aromatic carbocycles. The van der Waals surface area contributed by atoms with Gasteiger partial charge < -0.3 is 14.9 Å². The molecule has 5 heteroatoms. The zero-order valence-electron chi connectivity index (χ0n) is 8.32. The first kappa shape index (κ1) is 11.8. The summed E-state index contributed by atoms with van der Waals surface area (Å²) in [6, 6.07) is 2.98. The highest BCUT2D eigenvalue weighted by atomic mass is 35.5. The van der Waals surface area contributed by atoms with Crippen molar-refractivity contribution >= 4 is 17.6 Å². The van der Waals surface area contributed by atoms with E-state index in [4.69, 9.17) is 21.4 Å². The number of aliphatic hydroxyl groups excluding tert-OH is 1. The highest BCUT2D eigenvalue weighted by molar-refractivity contribution is 6.30. The summed E-state index contributed by atoms with van der Waals surface area (Å²) in [4.78, 5) is 10.6. The number of benzene rings is 1. The van der Waals surface area contributed by atoms with Gasteiger partial charge in [-0.1, -0.05) is 11.6 Å². The Morgan fingerprint density at radius 3 is 2.60 bits per heavy atom. The lowest BCUT2D eigenvalue weighted by Gasteiger charge is -2.13. The van der Waals surface area contributed by atoms with E-state index >= 15 is 0 Å². The van der Waals surface area contributed by atoms with Crippen LogP contribution < -0.4 is 4.74 Å². The predicted octanol–water partition coefficient (Wildman–Crippen LogP) is 1.78. The van der Waals surface area contributed by atoms with Gasteiger partial charge in [0.15, 0.2) is 6.10 Å². The molecule has 0 heterocycles. The molecule has 15 heavy (non-hydrogen) atoms. The van der Waals surface area contributed by atoms with E-state index in [0.717, 1.165) is 0 Å². The summed E-state index contributed by atoms with van der Waals surface area (Å²) in [7, 11) is 1.45. The molecule has 0 amide bonds. The van der Waals surface area contributed by atoms with E-state index in [-0.39, 0.29) is 5.56 Å². The minimum Gasteiger partial charge on any atom is -0.496 e. The quantitative estimate of drug-likeness (QED) is 0.831. The van der Waals surface area contributed by atoms with Crippen molar-refractivity contribution < 1.29 is 19.7 Å². The number of ether oxygens (including phenoxy) is 1. The van der Waals surface area contributed by atoms with E-state index in [1.54, 1.807) is 13.0 Å². The summed E-state index contributed by atoms with van der Waals surface area (Å²) in [5, 5.41) is 18.4. The molecule has 1 atom stereocenters. The monoisotopic (exact) mass is 230 g/mol. The first-order valence-electron chi connectivity index (χ1n) is 4.22. The van der Waals surface area contributed by atoms with Crippen LogP contribution in [0.5, 0.6) is 5.75 Å². The van der Waals surface area contributed by atoms with E-state index < -0.39 is 12.1 Å². The fraction of sp³-hybridized carbons (Fsp3) is 0.300. The van der Waals surface area contributed by atoms with Gasteiger partial charge in [0.1, 0.15) is 5.75 Å². The second-order valence-corrected chi connectivity index (χ2v) is 3.50. The summed E-state index contributed by atoms with van der Waals surface area (Å²) in [5.74, 6) is -0.861. The topological polar surface area (TPSA) is 66.8 Å². The number of aliphatic hydroxyl groups is 1. The van der Waals surface area contributed by atoms with Crippen molar-refractivity contribution in [3.8, 4) is 5.75 Å². The van der Waals surface area contributed by atoms with Crippen LogP contribution in [-0.4, -0.2) is 23.3 Å². The SMILES string of the molecule is COc1cc(Cl)cc(C(O)C(=O)O)c1C. The molecule has 1 aromatic rings. The van der Waals surface area contributed by atoms with Gasteiger partial charge in [-0.3, -0.25) is 0 Å². The Hall–Kier alpha value is -1.26. The van der Waals surface area contributed by atoms with Crippen molar-refractivity contribution in [2.24, 2.45) is 0 Å². The zero-order valence-corrected chi connectivity index (χ0v) is 9.08. The summed E-state index contributed by atoms with van der Waals surface area (Å²) in [6.45, 7) is 1.66. The Labute approximate surface area is 92.1 Å². The second-order valence-electron chi connectivity index (χ2n) is 3.06. The van der Waals surface area contributed by atoms with Crippen LogP contribution in [0.4, 0.5) is 0 Å². The molecule has 0 aliphatic rings. The Balaban J connectivity index is 3.28. The molecular formula is C10H11ClO4. The molecule has 0 saturated carbocycles. The van der Waals surface area contributed by atoms with Crippen molar-refractivity contribution in [2.45, 2.75) is 13.0 Å². The van der Waals surface area contributed by atoms with E-state index in [1.807, 2.05) is 0 Å². The van der Waals surface area contributed by atoms with Gasteiger partial charge in [0.05, 0.1) is 7.11 Å². The van der Waals surface area contributed by atoms with E-state index in [1.165, 1.54) is 13.2 Å². The van der Waals surface area contributed by atoms with Crippen molar-refractivity contribution in [3.63, 3.8) is 0 Å². The Kier molecular flexibility index (Phi) is 3.55. The number of rotatable bonds is 3. The number of carboxylic acid groups (broad SMARTS) is 1. The fourth-order valence-corrected chi connectivity index (χ4v) is 1.52. The third kappa shape index (κ3) is 2.40. The standard InChI is InChI=1S/C10H11ClO4/c1-5-7(9(12)10(13)14)3-6(11)4-8(5)15-2/h3-4,9,12H,1-2H3,(H,13,14). The maximum absolute atomic E-state index is 10.6. The molecule has 0 bridgehead atoms. The van der Waals surface area contributed by atoms with Gasteiger partial charge in [-0.05, 0) is 30.2 Å². The lowest BCUT2D eigenvalue weighted by Crippen LogP contribution is -2.12. The van der Waals surface area contributed by atoms with Gasteiger partial charge >= 0.3 is 5.97 Å². The number of aliphatic carboxylic acids is 1. The van der Waals surface area contributed by atoms with Crippen LogP contribution in [0.3, 0.4) is 0 Å². The number of carboxylic acids is 1. The van der Waals surface area contributed by atoms with Crippen LogP contribution in [0, 0.1) is 6.92 Å². The Morgan fingerprint density at radius 1 is 1.53 bits per heavy atom. The number of hydrogen-bond acceptors (Lipinski definition) is 3. The molecule has 0 fully saturated rings. The van der Waals surface area contributed by atoms with Gasteiger partial charge in [0, 0.05) is 5.02 Å². The maximum Gasteiger partial charge on any atom is 0.337 e. The van der Waals surface area contributed by atoms with E-state index in [9.17, 15) is 9.90 Å². The third-order valence-corrected chi connectivity index (χ3v) is 2.33. The summed E-state index contributed by atoms with van der Waals surface area (Å²) >= 11 is 5.77. The smallest absolute Gasteiger partial charge is 0.337 e. The summed E-state index contributed by atoms with van der Waals surface area (Å²) in [6.07, 6.45) is -1.59. The predicted molar refractivity (Wildman–Crippen MR) is 55.3 cm³/mol. The Bertz CT molecular complexity index is 389. The zero-order chi connectivity index (χ0) is 11.6. The van der Waals surface area contributed by atoms with Crippen LogP contribution in [0.2, 0.25) is 5.02 Å². The van der Waals surface area contributed by atoms with Gasteiger partial charge in [0.25, 0.3) is 0 Å². The van der Waals surface area contributed by atoms with Crippen LogP contribution >= 0.6 is 11.6 Å². The van der Waals surface area contributed by atoms with Crippen LogP contribution in [0.25, 0.3) is 0 Å². The van der Waals surface area contributed by atoms with E-state index in [0.29, 0.717) is 16.3 Å². The molecule has 2 N–H and O–H groups in total. The molecule has 0 saturated heterocycles. The average Bonchev–Trinajstić information content (AvgIpc) is 2.19. The van der Waals surface area contributed by atoms with Crippen molar-refractivity contribution in [2.75, 3.05) is 7.11 Å².